The fourth-order valence-electron chi connectivity index (χ4n) is 3.56. The summed E-state index contributed by atoms with van der Waals surface area (Å²) in [5, 5.41) is 0. The standard InChI is InChI=1S/C16H23N3O3/c1-12-13(10-17-11-18-12)15(20)19-7-5-16(6-8-19)14(21-2)4-3-9-22-16/h10-11,14H,3-9H2,1-2H3. The Labute approximate surface area is 130 Å². The van der Waals surface area contributed by atoms with E-state index in [0.717, 1.165) is 38.0 Å². The Bertz CT molecular complexity index is 541. The van der Waals surface area contributed by atoms with Gasteiger partial charge in [-0.3, -0.25) is 4.79 Å². The first-order valence-corrected chi connectivity index (χ1v) is 7.89. The van der Waals surface area contributed by atoms with Gasteiger partial charge in [0.25, 0.3) is 5.91 Å². The van der Waals surface area contributed by atoms with E-state index in [9.17, 15) is 4.79 Å². The van der Waals surface area contributed by atoms with Crippen LogP contribution in [-0.4, -0.2) is 59.3 Å². The summed E-state index contributed by atoms with van der Waals surface area (Å²) in [7, 11) is 1.75. The van der Waals surface area contributed by atoms with Crippen molar-refractivity contribution in [3.63, 3.8) is 0 Å². The van der Waals surface area contributed by atoms with Crippen molar-refractivity contribution in [3.05, 3.63) is 23.8 Å². The Morgan fingerprint density at radius 3 is 2.91 bits per heavy atom. The highest BCUT2D eigenvalue weighted by molar-refractivity contribution is 5.94. The first kappa shape index (κ1) is 15.4. The maximum absolute atomic E-state index is 12.6. The lowest BCUT2D eigenvalue weighted by molar-refractivity contribution is -0.183. The summed E-state index contributed by atoms with van der Waals surface area (Å²) in [6.45, 7) is 4.01. The number of piperidine rings is 1. The number of aryl methyl sites for hydroxylation is 1. The van der Waals surface area contributed by atoms with Crippen LogP contribution >= 0.6 is 0 Å². The van der Waals surface area contributed by atoms with Crippen LogP contribution in [0.15, 0.2) is 12.5 Å². The molecule has 0 aliphatic carbocycles. The van der Waals surface area contributed by atoms with E-state index >= 15 is 0 Å². The maximum Gasteiger partial charge on any atom is 0.257 e. The van der Waals surface area contributed by atoms with Crippen molar-refractivity contribution in [2.24, 2.45) is 0 Å². The Balaban J connectivity index is 1.69. The molecule has 2 aliphatic heterocycles. The Hall–Kier alpha value is -1.53. The van der Waals surface area contributed by atoms with Crippen molar-refractivity contribution in [1.82, 2.24) is 14.9 Å². The van der Waals surface area contributed by atoms with Gasteiger partial charge in [-0.05, 0) is 32.6 Å². The molecule has 1 unspecified atom stereocenters. The predicted octanol–water partition coefficient (Wildman–Crippen LogP) is 1.59. The van der Waals surface area contributed by atoms with Crippen LogP contribution in [-0.2, 0) is 9.47 Å². The van der Waals surface area contributed by atoms with Crippen molar-refractivity contribution in [3.8, 4) is 0 Å². The fraction of sp³-hybridized carbons (Fsp3) is 0.688. The molecule has 3 heterocycles. The molecule has 2 saturated heterocycles. The zero-order valence-corrected chi connectivity index (χ0v) is 13.2. The normalized spacial score (nSPS) is 24.5. The number of hydrogen-bond donors (Lipinski definition) is 0. The van der Waals surface area contributed by atoms with Gasteiger partial charge in [0, 0.05) is 33.0 Å². The van der Waals surface area contributed by atoms with Crippen LogP contribution in [0, 0.1) is 6.92 Å². The lowest BCUT2D eigenvalue weighted by Crippen LogP contribution is -2.56. The minimum atomic E-state index is -0.216. The minimum absolute atomic E-state index is 0.0118. The minimum Gasteiger partial charge on any atom is -0.378 e. The van der Waals surface area contributed by atoms with Gasteiger partial charge in [0.15, 0.2) is 0 Å². The van der Waals surface area contributed by atoms with Gasteiger partial charge in [-0.25, -0.2) is 9.97 Å². The van der Waals surface area contributed by atoms with Gasteiger partial charge in [-0.15, -0.1) is 0 Å². The monoisotopic (exact) mass is 305 g/mol. The van der Waals surface area contributed by atoms with Crippen LogP contribution in [0.5, 0.6) is 0 Å². The van der Waals surface area contributed by atoms with E-state index in [-0.39, 0.29) is 17.6 Å². The number of likely N-dealkylation sites (tertiary alicyclic amines) is 1. The molecule has 0 saturated carbocycles. The fourth-order valence-corrected chi connectivity index (χ4v) is 3.56. The van der Waals surface area contributed by atoms with Gasteiger partial charge in [-0.1, -0.05) is 0 Å². The van der Waals surface area contributed by atoms with Crippen LogP contribution in [0.3, 0.4) is 0 Å². The molecule has 1 aromatic rings. The molecule has 1 atom stereocenters. The third-order valence-electron chi connectivity index (χ3n) is 4.91. The molecule has 1 spiro atoms. The largest absolute Gasteiger partial charge is 0.378 e. The molecule has 6 nitrogen and oxygen atoms in total. The molecule has 22 heavy (non-hydrogen) atoms. The third-order valence-corrected chi connectivity index (χ3v) is 4.91. The molecular weight excluding hydrogens is 282 g/mol. The lowest BCUT2D eigenvalue weighted by atomic mass is 9.81. The van der Waals surface area contributed by atoms with Crippen molar-refractivity contribution in [2.45, 2.75) is 44.3 Å². The van der Waals surface area contributed by atoms with Crippen molar-refractivity contribution < 1.29 is 14.3 Å². The predicted molar refractivity (Wildman–Crippen MR) is 80.6 cm³/mol. The molecular formula is C16H23N3O3. The number of nitrogens with zero attached hydrogens (tertiary/aromatic N) is 3. The Morgan fingerprint density at radius 1 is 1.45 bits per heavy atom. The maximum atomic E-state index is 12.6. The first-order chi connectivity index (χ1) is 10.7. The van der Waals surface area contributed by atoms with Gasteiger partial charge in [-0.2, -0.15) is 0 Å². The Morgan fingerprint density at radius 2 is 2.23 bits per heavy atom. The number of amides is 1. The topological polar surface area (TPSA) is 64.6 Å². The molecule has 0 bridgehead atoms. The molecule has 3 rings (SSSR count). The van der Waals surface area contributed by atoms with Gasteiger partial charge in [0.1, 0.15) is 6.33 Å². The SMILES string of the molecule is COC1CCCOC12CCN(C(=O)c1cncnc1C)CC2. The third kappa shape index (κ3) is 2.73. The summed E-state index contributed by atoms with van der Waals surface area (Å²) in [5.74, 6) is 0.0118. The number of carbonyl (C=O) groups excluding carboxylic acids is 1. The second-order valence-electron chi connectivity index (χ2n) is 6.09. The number of aromatic nitrogens is 2. The van der Waals surface area contributed by atoms with Crippen LogP contribution in [0.1, 0.15) is 41.7 Å². The van der Waals surface area contributed by atoms with Crippen LogP contribution in [0.25, 0.3) is 0 Å². The molecule has 0 aromatic carbocycles. The second-order valence-corrected chi connectivity index (χ2v) is 6.09. The van der Waals surface area contributed by atoms with Crippen LogP contribution < -0.4 is 0 Å². The van der Waals surface area contributed by atoms with Crippen LogP contribution in [0.4, 0.5) is 0 Å². The number of hydrogen-bond acceptors (Lipinski definition) is 5. The molecule has 1 amide bonds. The van der Waals surface area contributed by atoms with Crippen molar-refractivity contribution >= 4 is 5.91 Å². The summed E-state index contributed by atoms with van der Waals surface area (Å²) in [6, 6.07) is 0. The summed E-state index contributed by atoms with van der Waals surface area (Å²) in [4.78, 5) is 22.6. The summed E-state index contributed by atoms with van der Waals surface area (Å²) >= 11 is 0. The van der Waals surface area contributed by atoms with Gasteiger partial charge in [0.2, 0.25) is 0 Å². The quantitative estimate of drug-likeness (QED) is 0.830. The highest BCUT2D eigenvalue weighted by Crippen LogP contribution is 2.37. The average Bonchev–Trinajstić information content (AvgIpc) is 2.56. The molecule has 6 heteroatoms. The van der Waals surface area contributed by atoms with Gasteiger partial charge in [0.05, 0.1) is 23.0 Å². The molecule has 2 aliphatic rings. The second kappa shape index (κ2) is 6.30. The van der Waals surface area contributed by atoms with E-state index in [1.54, 1.807) is 13.3 Å². The lowest BCUT2D eigenvalue weighted by Gasteiger charge is -2.48. The molecule has 0 radical (unpaired) electrons. The highest BCUT2D eigenvalue weighted by Gasteiger charge is 2.45. The highest BCUT2D eigenvalue weighted by atomic mass is 16.5. The number of carbonyl (C=O) groups is 1. The first-order valence-electron chi connectivity index (χ1n) is 7.89. The summed E-state index contributed by atoms with van der Waals surface area (Å²) in [5.41, 5.74) is 1.10. The average molecular weight is 305 g/mol. The number of methoxy groups -OCH3 is 1. The van der Waals surface area contributed by atoms with Crippen LogP contribution in [0.2, 0.25) is 0 Å². The molecule has 0 N–H and O–H groups in total. The van der Waals surface area contributed by atoms with E-state index in [1.807, 2.05) is 11.8 Å². The van der Waals surface area contributed by atoms with E-state index in [1.165, 1.54) is 6.33 Å². The number of rotatable bonds is 2. The molecule has 120 valence electrons. The Kier molecular flexibility index (Phi) is 4.40. The van der Waals surface area contributed by atoms with Crippen molar-refractivity contribution in [2.75, 3.05) is 26.8 Å². The summed E-state index contributed by atoms with van der Waals surface area (Å²) in [6.07, 6.45) is 6.94. The van der Waals surface area contributed by atoms with E-state index in [2.05, 4.69) is 9.97 Å². The zero-order valence-electron chi connectivity index (χ0n) is 13.2. The summed E-state index contributed by atoms with van der Waals surface area (Å²) < 4.78 is 11.7. The smallest absolute Gasteiger partial charge is 0.257 e. The zero-order chi connectivity index (χ0) is 15.6. The van der Waals surface area contributed by atoms with E-state index in [0.29, 0.717) is 18.7 Å². The van der Waals surface area contributed by atoms with E-state index in [4.69, 9.17) is 9.47 Å². The van der Waals surface area contributed by atoms with Gasteiger partial charge >= 0.3 is 0 Å². The van der Waals surface area contributed by atoms with E-state index < -0.39 is 0 Å². The molecule has 1 aromatic heterocycles. The molecule has 2 fully saturated rings. The van der Waals surface area contributed by atoms with Crippen molar-refractivity contribution in [1.29, 1.82) is 0 Å². The van der Waals surface area contributed by atoms with Gasteiger partial charge < -0.3 is 14.4 Å². The number of ether oxygens (including phenoxy) is 2.